The molecule has 1 saturated carbocycles. The summed E-state index contributed by atoms with van der Waals surface area (Å²) < 4.78 is 5.44. The summed E-state index contributed by atoms with van der Waals surface area (Å²) in [6.07, 6.45) is 6.62. The molecule has 1 spiro atoms. The Morgan fingerprint density at radius 2 is 2.08 bits per heavy atom. The van der Waals surface area contributed by atoms with Crippen LogP contribution in [0.15, 0.2) is 24.4 Å². The average Bonchev–Trinajstić information content (AvgIpc) is 3.41. The van der Waals surface area contributed by atoms with Gasteiger partial charge >= 0.3 is 0 Å². The van der Waals surface area contributed by atoms with Gasteiger partial charge in [0.2, 0.25) is 5.91 Å². The van der Waals surface area contributed by atoms with Crippen molar-refractivity contribution in [3.8, 4) is 0 Å². The lowest BCUT2D eigenvalue weighted by molar-refractivity contribution is -0.133. The van der Waals surface area contributed by atoms with Crippen LogP contribution < -0.4 is 0 Å². The normalized spacial score (nSPS) is 26.5. The van der Waals surface area contributed by atoms with E-state index >= 15 is 0 Å². The van der Waals surface area contributed by atoms with Gasteiger partial charge in [0.1, 0.15) is 0 Å². The first kappa shape index (κ1) is 17.0. The molecule has 136 valence electrons. The maximum atomic E-state index is 12.9. The molecule has 0 aromatic carbocycles. The van der Waals surface area contributed by atoms with E-state index in [9.17, 15) is 4.79 Å². The maximum absolute atomic E-state index is 12.9. The van der Waals surface area contributed by atoms with Gasteiger partial charge < -0.3 is 9.64 Å². The van der Waals surface area contributed by atoms with Gasteiger partial charge in [-0.05, 0) is 56.8 Å². The molecule has 1 aromatic rings. The van der Waals surface area contributed by atoms with Crippen molar-refractivity contribution < 1.29 is 9.53 Å². The molecule has 2 saturated heterocycles. The van der Waals surface area contributed by atoms with E-state index in [2.05, 4.69) is 20.9 Å². The van der Waals surface area contributed by atoms with Crippen molar-refractivity contribution in [3.63, 3.8) is 0 Å². The van der Waals surface area contributed by atoms with Crippen molar-refractivity contribution in [1.82, 2.24) is 14.8 Å². The lowest BCUT2D eigenvalue weighted by Gasteiger charge is -2.41. The zero-order valence-electron chi connectivity index (χ0n) is 15.2. The molecule has 3 fully saturated rings. The number of methoxy groups -OCH3 is 1. The van der Waals surface area contributed by atoms with Crippen LogP contribution in [0.2, 0.25) is 0 Å². The number of hydrogen-bond donors (Lipinski definition) is 0. The van der Waals surface area contributed by atoms with Gasteiger partial charge in [-0.3, -0.25) is 14.7 Å². The van der Waals surface area contributed by atoms with Gasteiger partial charge in [-0.1, -0.05) is 6.07 Å². The van der Waals surface area contributed by atoms with E-state index in [1.54, 1.807) is 7.11 Å². The fraction of sp³-hybridized carbons (Fsp3) is 0.700. The number of ether oxygens (including phenoxy) is 1. The molecule has 25 heavy (non-hydrogen) atoms. The smallest absolute Gasteiger partial charge is 0.228 e. The lowest BCUT2D eigenvalue weighted by atomic mass is 9.71. The second-order valence-corrected chi connectivity index (χ2v) is 8.13. The zero-order valence-corrected chi connectivity index (χ0v) is 15.2. The first-order chi connectivity index (χ1) is 12.2. The van der Waals surface area contributed by atoms with Gasteiger partial charge in [-0.2, -0.15) is 0 Å². The quantitative estimate of drug-likeness (QED) is 0.794. The highest BCUT2D eigenvalue weighted by Crippen LogP contribution is 2.46. The van der Waals surface area contributed by atoms with Crippen molar-refractivity contribution in [1.29, 1.82) is 0 Å². The Bertz CT molecular complexity index is 594. The van der Waals surface area contributed by atoms with Crippen LogP contribution in [0, 0.1) is 17.3 Å². The molecule has 0 radical (unpaired) electrons. The second-order valence-electron chi connectivity index (χ2n) is 8.13. The monoisotopic (exact) mass is 343 g/mol. The molecule has 1 aromatic heterocycles. The number of rotatable bonds is 6. The largest absolute Gasteiger partial charge is 0.384 e. The predicted octanol–water partition coefficient (Wildman–Crippen LogP) is 2.18. The average molecular weight is 343 g/mol. The Balaban J connectivity index is 1.41. The summed E-state index contributed by atoms with van der Waals surface area (Å²) in [7, 11) is 1.72. The molecule has 0 bridgehead atoms. The Labute approximate surface area is 150 Å². The van der Waals surface area contributed by atoms with Crippen molar-refractivity contribution >= 4 is 5.91 Å². The molecule has 4 rings (SSSR count). The van der Waals surface area contributed by atoms with Crippen molar-refractivity contribution in [2.45, 2.75) is 32.2 Å². The highest BCUT2D eigenvalue weighted by molar-refractivity contribution is 5.82. The summed E-state index contributed by atoms with van der Waals surface area (Å²) >= 11 is 0. The van der Waals surface area contributed by atoms with Crippen molar-refractivity contribution in [2.24, 2.45) is 17.3 Å². The number of likely N-dealkylation sites (tertiary alicyclic amines) is 2. The molecule has 0 unspecified atom stereocenters. The van der Waals surface area contributed by atoms with Gasteiger partial charge in [-0.25, -0.2) is 0 Å². The van der Waals surface area contributed by atoms with Gasteiger partial charge in [0.25, 0.3) is 0 Å². The number of aromatic nitrogens is 1. The summed E-state index contributed by atoms with van der Waals surface area (Å²) in [5, 5.41) is 0. The molecule has 3 heterocycles. The van der Waals surface area contributed by atoms with E-state index in [1.165, 1.54) is 12.8 Å². The van der Waals surface area contributed by atoms with E-state index in [-0.39, 0.29) is 11.3 Å². The van der Waals surface area contributed by atoms with Crippen LogP contribution in [0.25, 0.3) is 0 Å². The summed E-state index contributed by atoms with van der Waals surface area (Å²) in [5.74, 6) is 1.15. The molecule has 5 nitrogen and oxygen atoms in total. The summed E-state index contributed by atoms with van der Waals surface area (Å²) in [6.45, 7) is 5.47. The highest BCUT2D eigenvalue weighted by Gasteiger charge is 2.53. The van der Waals surface area contributed by atoms with Crippen LogP contribution in [-0.2, 0) is 16.1 Å². The van der Waals surface area contributed by atoms with E-state index in [0.29, 0.717) is 12.5 Å². The van der Waals surface area contributed by atoms with Gasteiger partial charge in [-0.15, -0.1) is 0 Å². The fourth-order valence-electron chi connectivity index (χ4n) is 4.62. The topological polar surface area (TPSA) is 45.7 Å². The summed E-state index contributed by atoms with van der Waals surface area (Å²) in [5.41, 5.74) is 1.24. The second kappa shape index (κ2) is 7.04. The van der Waals surface area contributed by atoms with E-state index in [4.69, 9.17) is 4.74 Å². The number of carbonyl (C=O) groups is 1. The minimum atomic E-state index is 0.0493. The number of piperidine rings is 1. The first-order valence-electron chi connectivity index (χ1n) is 9.60. The highest BCUT2D eigenvalue weighted by atomic mass is 16.5. The van der Waals surface area contributed by atoms with E-state index in [1.807, 2.05) is 18.3 Å². The molecule has 1 aliphatic carbocycles. The molecule has 1 atom stereocenters. The van der Waals surface area contributed by atoms with Crippen LogP contribution in [0.5, 0.6) is 0 Å². The van der Waals surface area contributed by atoms with Crippen LogP contribution in [-0.4, -0.2) is 60.6 Å². The third kappa shape index (κ3) is 3.58. The van der Waals surface area contributed by atoms with E-state index < -0.39 is 0 Å². The lowest BCUT2D eigenvalue weighted by Crippen LogP contribution is -2.45. The van der Waals surface area contributed by atoms with Crippen molar-refractivity contribution in [3.05, 3.63) is 30.1 Å². The predicted molar refractivity (Wildman–Crippen MR) is 95.9 cm³/mol. The van der Waals surface area contributed by atoms with Gasteiger partial charge in [0.05, 0.1) is 18.2 Å². The SMILES string of the molecule is COC[C@H]1C(=O)N(CC2CC2)CC12CCN(Cc1ccccn1)CC2. The third-order valence-electron chi connectivity index (χ3n) is 6.33. The van der Waals surface area contributed by atoms with Crippen LogP contribution in [0.4, 0.5) is 0 Å². The Kier molecular flexibility index (Phi) is 4.78. The standard InChI is InChI=1S/C20H29N3O2/c1-25-14-18-19(24)23(12-16-5-6-16)15-20(18)7-10-22(11-8-20)13-17-4-2-3-9-21-17/h2-4,9,16,18H,5-8,10-15H2,1H3/t18-/m0/s1. The first-order valence-corrected chi connectivity index (χ1v) is 9.60. The third-order valence-corrected chi connectivity index (χ3v) is 6.33. The number of hydrogen-bond acceptors (Lipinski definition) is 4. The Morgan fingerprint density at radius 3 is 2.72 bits per heavy atom. The molecule has 0 N–H and O–H groups in total. The Hall–Kier alpha value is -1.46. The van der Waals surface area contributed by atoms with Crippen LogP contribution >= 0.6 is 0 Å². The van der Waals surface area contributed by atoms with Crippen molar-refractivity contribution in [2.75, 3.05) is 39.9 Å². The molecule has 5 heteroatoms. The number of nitrogens with zero attached hydrogens (tertiary/aromatic N) is 3. The van der Waals surface area contributed by atoms with Gasteiger partial charge in [0, 0.05) is 38.4 Å². The zero-order chi connectivity index (χ0) is 17.3. The molecule has 2 aliphatic heterocycles. The minimum Gasteiger partial charge on any atom is -0.384 e. The van der Waals surface area contributed by atoms with E-state index in [0.717, 1.165) is 57.2 Å². The molecular weight excluding hydrogens is 314 g/mol. The molecular formula is C20H29N3O2. The van der Waals surface area contributed by atoms with Crippen LogP contribution in [0.1, 0.15) is 31.4 Å². The minimum absolute atomic E-state index is 0.0493. The summed E-state index contributed by atoms with van der Waals surface area (Å²) in [6, 6.07) is 6.10. The molecule has 1 amide bonds. The number of pyridine rings is 1. The van der Waals surface area contributed by atoms with Gasteiger partial charge in [0.15, 0.2) is 0 Å². The molecule has 3 aliphatic rings. The number of carbonyl (C=O) groups excluding carboxylic acids is 1. The fourth-order valence-corrected chi connectivity index (χ4v) is 4.62. The summed E-state index contributed by atoms with van der Waals surface area (Å²) in [4.78, 5) is 22.0. The van der Waals surface area contributed by atoms with Crippen LogP contribution in [0.3, 0.4) is 0 Å². The number of amides is 1. The maximum Gasteiger partial charge on any atom is 0.228 e. The Morgan fingerprint density at radius 1 is 1.28 bits per heavy atom.